The highest BCUT2D eigenvalue weighted by molar-refractivity contribution is 14.1. The third-order valence-corrected chi connectivity index (χ3v) is 10.4. The van der Waals surface area contributed by atoms with Crippen LogP contribution in [0.15, 0.2) is 63.8 Å². The van der Waals surface area contributed by atoms with Crippen molar-refractivity contribution < 1.29 is 43.2 Å². The van der Waals surface area contributed by atoms with E-state index in [4.69, 9.17) is 36.3 Å². The topological polar surface area (TPSA) is 197 Å². The highest BCUT2D eigenvalue weighted by Crippen LogP contribution is 2.43. The molecule has 5 rings (SSSR count). The van der Waals surface area contributed by atoms with Gasteiger partial charge in [-0.25, -0.2) is 9.59 Å². The fourth-order valence-corrected chi connectivity index (χ4v) is 9.31. The number of carboxylic acids is 1. The average Bonchev–Trinajstić information content (AvgIpc) is 3.05. The minimum atomic E-state index is -1.24. The van der Waals surface area contributed by atoms with Crippen LogP contribution < -0.4 is 20.8 Å². The number of benzene rings is 4. The van der Waals surface area contributed by atoms with Gasteiger partial charge in [0.1, 0.15) is 30.3 Å². The summed E-state index contributed by atoms with van der Waals surface area (Å²) < 4.78 is 23.7. The fraction of sp³-hybridized carbons (Fsp3) is 0.118. The monoisotopic (exact) mass is 1050 g/mol. The van der Waals surface area contributed by atoms with Crippen LogP contribution in [-0.4, -0.2) is 52.3 Å². The van der Waals surface area contributed by atoms with Crippen molar-refractivity contribution >= 4 is 131 Å². The number of aromatic carboxylic acids is 1. The summed E-state index contributed by atoms with van der Waals surface area (Å²) in [6.07, 6.45) is 0. The lowest BCUT2D eigenvalue weighted by Crippen LogP contribution is -2.20. The second-order valence-corrected chi connectivity index (χ2v) is 14.2. The quantitative estimate of drug-likeness (QED) is 0.0184. The van der Waals surface area contributed by atoms with Gasteiger partial charge in [-0.15, -0.1) is 0 Å². The number of carbonyl (C=O) groups is 3. The number of fused-ring (bicyclic) bond motifs is 2. The first-order valence-corrected chi connectivity index (χ1v) is 18.2. The van der Waals surface area contributed by atoms with Crippen molar-refractivity contribution in [3.8, 4) is 33.9 Å². The number of phenolic OH excluding ortho intramolecular Hbond substituents is 1. The number of carbonyl (C=O) groups excluding carboxylic acids is 2. The largest absolute Gasteiger partial charge is 0.508 e. The summed E-state index contributed by atoms with van der Waals surface area (Å²) in [5.41, 5.74) is 1.96. The molecule has 0 aromatic heterocycles. The third-order valence-electron chi connectivity index (χ3n) is 7.03. The number of hydrogen-bond donors (Lipinski definition) is 5. The molecule has 0 saturated carbocycles. The van der Waals surface area contributed by atoms with Crippen LogP contribution in [-0.2, 0) is 14.3 Å². The number of aromatic hydroxyl groups is 1. The summed E-state index contributed by atoms with van der Waals surface area (Å²) in [7, 11) is 0. The van der Waals surface area contributed by atoms with Crippen LogP contribution in [0.1, 0.15) is 34.6 Å². The van der Waals surface area contributed by atoms with Crippen molar-refractivity contribution in [2.75, 3.05) is 23.8 Å². The minimum absolute atomic E-state index is 0.0653. The van der Waals surface area contributed by atoms with Gasteiger partial charge in [-0.3, -0.25) is 15.0 Å². The van der Waals surface area contributed by atoms with Gasteiger partial charge >= 0.3 is 11.9 Å². The third kappa shape index (κ3) is 8.52. The van der Waals surface area contributed by atoms with Crippen molar-refractivity contribution in [2.45, 2.75) is 13.8 Å². The Morgan fingerprint density at radius 3 is 2.29 bits per heavy atom. The first-order valence-electron chi connectivity index (χ1n) is 14.6. The van der Waals surface area contributed by atoms with E-state index in [9.17, 15) is 29.4 Å². The highest BCUT2D eigenvalue weighted by Gasteiger charge is 2.28. The molecule has 0 spiro atoms. The zero-order valence-corrected chi connectivity index (χ0v) is 33.6. The molecule has 1 heterocycles. The lowest BCUT2D eigenvalue weighted by molar-refractivity contribution is -0.114. The molecule has 0 saturated heterocycles. The number of amides is 1. The SMILES string of the molecule is CC(=N)Oc1c(I)c(NC(C)=O)c(I)c(C(=O)OCCOC(=S)Nc2ccc(-c3c4ccc(=O)cc-4oc4cc(O)ccc34)c(C(=O)O)c2)c1I. The summed E-state index contributed by atoms with van der Waals surface area (Å²) in [6.45, 7) is 2.40. The normalized spacial score (nSPS) is 10.8. The molecule has 3 aromatic rings. The number of phenols is 1. The van der Waals surface area contributed by atoms with E-state index >= 15 is 0 Å². The Labute approximate surface area is 335 Å². The maximum atomic E-state index is 13.2. The predicted molar refractivity (Wildman–Crippen MR) is 219 cm³/mol. The molecule has 3 aromatic carbocycles. The van der Waals surface area contributed by atoms with Gasteiger partial charge < -0.3 is 39.5 Å². The van der Waals surface area contributed by atoms with Crippen LogP contribution in [0.5, 0.6) is 11.5 Å². The Morgan fingerprint density at radius 1 is 0.902 bits per heavy atom. The Kier molecular flexibility index (Phi) is 12.0. The van der Waals surface area contributed by atoms with Crippen molar-refractivity contribution in [1.29, 1.82) is 5.41 Å². The molecule has 1 amide bonds. The minimum Gasteiger partial charge on any atom is -0.508 e. The van der Waals surface area contributed by atoms with Gasteiger partial charge in [0.25, 0.3) is 5.17 Å². The number of thiocarbonyl (C=S) groups is 1. The van der Waals surface area contributed by atoms with Crippen molar-refractivity contribution in [3.63, 3.8) is 0 Å². The highest BCUT2D eigenvalue weighted by atomic mass is 127. The Bertz CT molecular complexity index is 2270. The molecule has 17 heteroatoms. The summed E-state index contributed by atoms with van der Waals surface area (Å²) >= 11 is 11.1. The molecule has 2 aliphatic rings. The van der Waals surface area contributed by atoms with E-state index in [0.29, 0.717) is 44.2 Å². The maximum absolute atomic E-state index is 13.2. The van der Waals surface area contributed by atoms with Crippen LogP contribution in [0, 0.1) is 16.1 Å². The molecule has 51 heavy (non-hydrogen) atoms. The van der Waals surface area contributed by atoms with Gasteiger partial charge in [0.2, 0.25) is 5.91 Å². The number of nitrogens with one attached hydrogen (secondary N) is 3. The first kappa shape index (κ1) is 38.1. The lowest BCUT2D eigenvalue weighted by Gasteiger charge is -2.19. The average molecular weight is 1050 g/mol. The van der Waals surface area contributed by atoms with Gasteiger partial charge in [0.15, 0.2) is 17.1 Å². The van der Waals surface area contributed by atoms with Crippen molar-refractivity contribution in [1.82, 2.24) is 0 Å². The predicted octanol–water partition coefficient (Wildman–Crippen LogP) is 7.69. The van der Waals surface area contributed by atoms with Crippen LogP contribution in [0.2, 0.25) is 0 Å². The van der Waals surface area contributed by atoms with Gasteiger partial charge in [-0.2, -0.15) is 0 Å². The smallest absolute Gasteiger partial charge is 0.340 e. The molecule has 0 unspecified atom stereocenters. The molecular formula is C34H24I3N3O10S. The zero-order valence-electron chi connectivity index (χ0n) is 26.3. The van der Waals surface area contributed by atoms with Gasteiger partial charge in [-0.1, -0.05) is 6.07 Å². The van der Waals surface area contributed by atoms with Crippen molar-refractivity contribution in [2.24, 2.45) is 0 Å². The second kappa shape index (κ2) is 16.1. The first-order chi connectivity index (χ1) is 24.2. The molecule has 1 aliphatic heterocycles. The van der Waals surface area contributed by atoms with E-state index in [1.165, 1.54) is 44.2 Å². The number of rotatable bonds is 9. The lowest BCUT2D eigenvalue weighted by atomic mass is 9.90. The van der Waals surface area contributed by atoms with Crippen LogP contribution in [0.4, 0.5) is 11.4 Å². The van der Waals surface area contributed by atoms with Crippen LogP contribution in [0.3, 0.4) is 0 Å². The molecule has 0 radical (unpaired) electrons. The fourth-order valence-electron chi connectivity index (χ4n) is 5.01. The van der Waals surface area contributed by atoms with E-state index in [1.807, 2.05) is 67.8 Å². The second-order valence-electron chi connectivity index (χ2n) is 10.6. The molecule has 0 bridgehead atoms. The van der Waals surface area contributed by atoms with E-state index in [1.54, 1.807) is 24.3 Å². The Balaban J connectivity index is 1.32. The molecule has 5 N–H and O–H groups in total. The zero-order chi connectivity index (χ0) is 37.1. The summed E-state index contributed by atoms with van der Waals surface area (Å²) in [5, 5.41) is 34.0. The van der Waals surface area contributed by atoms with Gasteiger partial charge in [0.05, 0.1) is 27.5 Å². The number of hydrogen-bond acceptors (Lipinski definition) is 11. The molecule has 1 aliphatic carbocycles. The molecular weight excluding hydrogens is 1020 g/mol. The molecule has 13 nitrogen and oxygen atoms in total. The summed E-state index contributed by atoms with van der Waals surface area (Å²) in [5.74, 6) is -2.05. The molecule has 0 fully saturated rings. The molecule has 262 valence electrons. The Hall–Kier alpha value is -4.09. The van der Waals surface area contributed by atoms with E-state index in [2.05, 4.69) is 10.6 Å². The number of esters is 1. The summed E-state index contributed by atoms with van der Waals surface area (Å²) in [6, 6.07) is 13.2. The standard InChI is InChI=1S/C34H24I3N3O10S/c1-14(38)49-31-28(36)26(27(35)30(29(31)37)39-15(2)41)33(46)47-9-10-48-34(51)40-16-3-6-19(22(11-16)32(44)45)25-20-7-4-17(42)12-23(20)50-24-13-18(43)5-8-21(24)25/h3-8,11-13,38,42H,9-10H2,1-2H3,(H,39,41)(H,40,51)(H,44,45). The van der Waals surface area contributed by atoms with E-state index < -0.39 is 11.9 Å². The van der Waals surface area contributed by atoms with Gasteiger partial charge in [-0.05, 0) is 122 Å². The van der Waals surface area contributed by atoms with Crippen LogP contribution >= 0.6 is 80.0 Å². The van der Waals surface area contributed by atoms with E-state index in [0.717, 1.165) is 0 Å². The van der Waals surface area contributed by atoms with Gasteiger partial charge in [0, 0.05) is 48.2 Å². The molecule has 0 atom stereocenters. The number of anilines is 2. The number of carboxylic acid groups (broad SMARTS) is 1. The van der Waals surface area contributed by atoms with Crippen molar-refractivity contribution in [3.05, 3.63) is 86.7 Å². The number of halogens is 3. The maximum Gasteiger partial charge on any atom is 0.340 e. The van der Waals surface area contributed by atoms with Crippen LogP contribution in [0.25, 0.3) is 33.4 Å². The van der Waals surface area contributed by atoms with E-state index in [-0.39, 0.29) is 69.6 Å². The Morgan fingerprint density at radius 2 is 1.61 bits per heavy atom. The summed E-state index contributed by atoms with van der Waals surface area (Å²) in [4.78, 5) is 49.7. The number of ether oxygens (including phenoxy) is 3.